The second kappa shape index (κ2) is 8.59. The van der Waals surface area contributed by atoms with Crippen LogP contribution in [0.3, 0.4) is 0 Å². The van der Waals surface area contributed by atoms with Crippen molar-refractivity contribution in [3.63, 3.8) is 0 Å². The summed E-state index contributed by atoms with van der Waals surface area (Å²) < 4.78 is 0. The number of nitrogens with one attached hydrogen (secondary N) is 1. The molecule has 0 fully saturated rings. The van der Waals surface area contributed by atoms with Crippen LogP contribution < -0.4 is 5.32 Å². The quantitative estimate of drug-likeness (QED) is 0.719. The van der Waals surface area contributed by atoms with Crippen molar-refractivity contribution in [1.29, 1.82) is 0 Å². The Hall–Kier alpha value is -1.55. The lowest BCUT2D eigenvalue weighted by molar-refractivity contribution is -0.114. The average molecular weight is 278 g/mol. The van der Waals surface area contributed by atoms with E-state index in [1.807, 2.05) is 12.1 Å². The highest BCUT2D eigenvalue weighted by Gasteiger charge is 2.07. The molecule has 20 heavy (non-hydrogen) atoms. The van der Waals surface area contributed by atoms with Crippen molar-refractivity contribution in [2.45, 2.75) is 40.0 Å². The van der Waals surface area contributed by atoms with Crippen LogP contribution in [0.15, 0.2) is 18.2 Å². The molecule has 0 unspecified atom stereocenters. The number of anilines is 1. The van der Waals surface area contributed by atoms with Crippen LogP contribution in [0.4, 0.5) is 5.69 Å². The molecule has 0 aromatic heterocycles. The summed E-state index contributed by atoms with van der Waals surface area (Å²) in [4.78, 5) is 13.5. The van der Waals surface area contributed by atoms with Gasteiger partial charge in [0, 0.05) is 13.5 Å². The number of aromatic hydroxyl groups is 1. The molecule has 0 bridgehead atoms. The van der Waals surface area contributed by atoms with Crippen molar-refractivity contribution in [1.82, 2.24) is 4.90 Å². The number of phenols is 1. The molecule has 1 aromatic carbocycles. The third kappa shape index (κ3) is 5.61. The van der Waals surface area contributed by atoms with Crippen molar-refractivity contribution in [2.24, 2.45) is 0 Å². The Morgan fingerprint density at radius 3 is 2.40 bits per heavy atom. The SMILES string of the molecule is CCCN(CCC)CCc1ccc(O)c(NC(C)=O)c1. The fourth-order valence-electron chi connectivity index (χ4n) is 2.28. The molecule has 2 N–H and O–H groups in total. The van der Waals surface area contributed by atoms with Gasteiger partial charge in [-0.2, -0.15) is 0 Å². The molecule has 1 aromatic rings. The number of carbonyl (C=O) groups is 1. The summed E-state index contributed by atoms with van der Waals surface area (Å²) in [5.41, 5.74) is 1.62. The summed E-state index contributed by atoms with van der Waals surface area (Å²) in [6, 6.07) is 5.41. The molecule has 0 saturated heterocycles. The van der Waals surface area contributed by atoms with Gasteiger partial charge in [0.2, 0.25) is 5.91 Å². The maximum Gasteiger partial charge on any atom is 0.221 e. The molecule has 0 heterocycles. The lowest BCUT2D eigenvalue weighted by atomic mass is 10.1. The van der Waals surface area contributed by atoms with E-state index >= 15 is 0 Å². The van der Waals surface area contributed by atoms with Crippen LogP contribution in [0.5, 0.6) is 5.75 Å². The molecule has 4 nitrogen and oxygen atoms in total. The van der Waals surface area contributed by atoms with Crippen LogP contribution in [-0.4, -0.2) is 35.5 Å². The van der Waals surface area contributed by atoms with Crippen molar-refractivity contribution >= 4 is 11.6 Å². The molecule has 0 aliphatic carbocycles. The zero-order chi connectivity index (χ0) is 15.0. The normalized spacial score (nSPS) is 10.8. The molecule has 0 saturated carbocycles. The van der Waals surface area contributed by atoms with Crippen LogP contribution in [0.25, 0.3) is 0 Å². The summed E-state index contributed by atoms with van der Waals surface area (Å²) in [5.74, 6) is -0.0565. The second-order valence-corrected chi connectivity index (χ2v) is 5.12. The number of hydrogen-bond donors (Lipinski definition) is 2. The van der Waals surface area contributed by atoms with Crippen LogP contribution in [0.2, 0.25) is 0 Å². The topological polar surface area (TPSA) is 52.6 Å². The Morgan fingerprint density at radius 1 is 1.20 bits per heavy atom. The van der Waals surface area contributed by atoms with Gasteiger partial charge >= 0.3 is 0 Å². The smallest absolute Gasteiger partial charge is 0.221 e. The van der Waals surface area contributed by atoms with E-state index < -0.39 is 0 Å². The zero-order valence-corrected chi connectivity index (χ0v) is 12.8. The Kier molecular flexibility index (Phi) is 7.09. The van der Waals surface area contributed by atoms with E-state index in [9.17, 15) is 9.90 Å². The highest BCUT2D eigenvalue weighted by Crippen LogP contribution is 2.24. The number of carbonyl (C=O) groups excluding carboxylic acids is 1. The number of benzene rings is 1. The first kappa shape index (κ1) is 16.5. The number of amides is 1. The minimum Gasteiger partial charge on any atom is -0.506 e. The van der Waals surface area contributed by atoms with E-state index in [0.29, 0.717) is 5.69 Å². The standard InChI is InChI=1S/C16H26N2O2/c1-4-9-18(10-5-2)11-8-14-6-7-16(20)15(12-14)17-13(3)19/h6-7,12,20H,4-5,8-11H2,1-3H3,(H,17,19). The summed E-state index contributed by atoms with van der Waals surface area (Å²) >= 11 is 0. The number of rotatable bonds is 8. The van der Waals surface area contributed by atoms with Gasteiger partial charge in [0.05, 0.1) is 5.69 Å². The van der Waals surface area contributed by atoms with Crippen molar-refractivity contribution in [3.05, 3.63) is 23.8 Å². The average Bonchev–Trinajstić information content (AvgIpc) is 2.39. The first-order valence-corrected chi connectivity index (χ1v) is 7.38. The molecule has 0 spiro atoms. The third-order valence-corrected chi connectivity index (χ3v) is 3.17. The van der Waals surface area contributed by atoms with Crippen LogP contribution in [-0.2, 0) is 11.2 Å². The minimum absolute atomic E-state index is 0.114. The van der Waals surface area contributed by atoms with E-state index in [0.717, 1.165) is 44.5 Å². The van der Waals surface area contributed by atoms with Gasteiger partial charge in [-0.1, -0.05) is 19.9 Å². The van der Waals surface area contributed by atoms with Crippen molar-refractivity contribution in [3.8, 4) is 5.75 Å². The Labute approximate surface area is 121 Å². The predicted molar refractivity (Wildman–Crippen MR) is 83.1 cm³/mol. The van der Waals surface area contributed by atoms with Gasteiger partial charge < -0.3 is 15.3 Å². The first-order valence-electron chi connectivity index (χ1n) is 7.38. The lowest BCUT2D eigenvalue weighted by Crippen LogP contribution is -2.27. The molecule has 0 atom stereocenters. The Balaban J connectivity index is 2.65. The molecular weight excluding hydrogens is 252 g/mol. The maximum absolute atomic E-state index is 11.1. The highest BCUT2D eigenvalue weighted by atomic mass is 16.3. The fourth-order valence-corrected chi connectivity index (χ4v) is 2.28. The molecule has 0 aliphatic rings. The Morgan fingerprint density at radius 2 is 1.85 bits per heavy atom. The largest absolute Gasteiger partial charge is 0.506 e. The molecule has 1 amide bonds. The van der Waals surface area contributed by atoms with Gasteiger partial charge in [0.25, 0.3) is 0 Å². The van der Waals surface area contributed by atoms with E-state index in [-0.39, 0.29) is 11.7 Å². The van der Waals surface area contributed by atoms with Gasteiger partial charge in [0.15, 0.2) is 0 Å². The van der Waals surface area contributed by atoms with E-state index in [4.69, 9.17) is 0 Å². The van der Waals surface area contributed by atoms with Crippen molar-refractivity contribution < 1.29 is 9.90 Å². The van der Waals surface area contributed by atoms with E-state index in [1.165, 1.54) is 6.92 Å². The van der Waals surface area contributed by atoms with Gasteiger partial charge in [-0.15, -0.1) is 0 Å². The molecule has 0 aliphatic heterocycles. The van der Waals surface area contributed by atoms with Gasteiger partial charge in [-0.3, -0.25) is 4.79 Å². The molecule has 112 valence electrons. The lowest BCUT2D eigenvalue weighted by Gasteiger charge is -2.21. The first-order chi connectivity index (χ1) is 9.56. The summed E-state index contributed by atoms with van der Waals surface area (Å²) in [7, 11) is 0. The third-order valence-electron chi connectivity index (χ3n) is 3.17. The molecular formula is C16H26N2O2. The van der Waals surface area contributed by atoms with E-state index in [2.05, 4.69) is 24.1 Å². The number of hydrogen-bond acceptors (Lipinski definition) is 3. The van der Waals surface area contributed by atoms with Crippen LogP contribution >= 0.6 is 0 Å². The monoisotopic (exact) mass is 278 g/mol. The van der Waals surface area contributed by atoms with Crippen LogP contribution in [0.1, 0.15) is 39.2 Å². The maximum atomic E-state index is 11.1. The van der Waals surface area contributed by atoms with Crippen molar-refractivity contribution in [2.75, 3.05) is 25.0 Å². The second-order valence-electron chi connectivity index (χ2n) is 5.12. The summed E-state index contributed by atoms with van der Waals surface area (Å²) in [6.45, 7) is 9.06. The fraction of sp³-hybridized carbons (Fsp3) is 0.562. The molecule has 1 rings (SSSR count). The number of phenolic OH excluding ortho intramolecular Hbond substituents is 1. The van der Waals surface area contributed by atoms with Gasteiger partial charge in [-0.05, 0) is 50.0 Å². The highest BCUT2D eigenvalue weighted by molar-refractivity contribution is 5.90. The predicted octanol–water partition coefficient (Wildman–Crippen LogP) is 3.02. The Bertz CT molecular complexity index is 426. The van der Waals surface area contributed by atoms with E-state index in [1.54, 1.807) is 6.07 Å². The number of nitrogens with zero attached hydrogens (tertiary/aromatic N) is 1. The summed E-state index contributed by atoms with van der Waals surface area (Å²) in [5, 5.41) is 12.4. The van der Waals surface area contributed by atoms with Gasteiger partial charge in [0.1, 0.15) is 5.75 Å². The summed E-state index contributed by atoms with van der Waals surface area (Å²) in [6.07, 6.45) is 3.24. The zero-order valence-electron chi connectivity index (χ0n) is 12.8. The van der Waals surface area contributed by atoms with Gasteiger partial charge in [-0.25, -0.2) is 0 Å². The molecule has 4 heteroatoms. The molecule has 0 radical (unpaired) electrons. The minimum atomic E-state index is -0.170. The van der Waals surface area contributed by atoms with Crippen LogP contribution in [0, 0.1) is 0 Å².